The minimum atomic E-state index is -4.48. The molecule has 0 saturated carbocycles. The molecule has 0 aliphatic heterocycles. The Bertz CT molecular complexity index is 1220. The predicted molar refractivity (Wildman–Crippen MR) is 122 cm³/mol. The fourth-order valence-corrected chi connectivity index (χ4v) is 4.08. The number of aromatic nitrogens is 1. The highest BCUT2D eigenvalue weighted by atomic mass is 32.2. The van der Waals surface area contributed by atoms with E-state index in [1.165, 1.54) is 18.4 Å². The average Bonchev–Trinajstić information content (AvgIpc) is 3.32. The molecule has 32 heavy (non-hydrogen) atoms. The number of carbonyl (C=O) groups is 1. The minimum absolute atomic E-state index is 0.135. The number of furan rings is 1. The molecule has 6 nitrogen and oxygen atoms in total. The summed E-state index contributed by atoms with van der Waals surface area (Å²) < 4.78 is 46.6. The summed E-state index contributed by atoms with van der Waals surface area (Å²) in [6.07, 6.45) is -3.23. The Morgan fingerprint density at radius 3 is 2.56 bits per heavy atom. The van der Waals surface area contributed by atoms with Crippen molar-refractivity contribution in [3.8, 4) is 0 Å². The van der Waals surface area contributed by atoms with Gasteiger partial charge in [0.2, 0.25) is 0 Å². The molecule has 0 bridgehead atoms. The molecule has 0 aliphatic carbocycles. The zero-order valence-electron chi connectivity index (χ0n) is 17.1. The summed E-state index contributed by atoms with van der Waals surface area (Å²) in [5.74, 6) is -0.949. The van der Waals surface area contributed by atoms with Gasteiger partial charge in [-0.1, -0.05) is 20.3 Å². The average molecular weight is 484 g/mol. The lowest BCUT2D eigenvalue weighted by Gasteiger charge is -2.03. The molecule has 11 heteroatoms. The van der Waals surface area contributed by atoms with E-state index in [-0.39, 0.29) is 11.7 Å². The normalized spacial score (nSPS) is 11.4. The molecule has 4 rings (SSSR count). The summed E-state index contributed by atoms with van der Waals surface area (Å²) in [5.41, 5.74) is 0.834. The van der Waals surface area contributed by atoms with Gasteiger partial charge in [0, 0.05) is 32.8 Å². The van der Waals surface area contributed by atoms with Gasteiger partial charge < -0.3 is 14.8 Å². The zero-order chi connectivity index (χ0) is 23.3. The maximum Gasteiger partial charge on any atom is 0.434 e. The zero-order valence-corrected chi connectivity index (χ0v) is 18.7. The molecule has 0 aliphatic rings. The predicted octanol–water partition coefficient (Wildman–Crippen LogP) is 6.90. The second-order valence-corrected chi connectivity index (χ2v) is 8.48. The monoisotopic (exact) mass is 483 g/mol. The Labute approximate surface area is 190 Å². The standard InChI is InChI=1S/C18H12F3N3O3S2.C3H8/c19-18(20,21)15-8-28-17(24-15)23-9-1-3-11-12-6-10(29-22-7-16(25)26)2-4-13(12)27-14(11)5-9;1-3-2/h1-6,8,22H,7H2,(H,23,24)(H,25,26);3H2,1-2H3. The van der Waals surface area contributed by atoms with Crippen molar-refractivity contribution in [2.24, 2.45) is 0 Å². The topological polar surface area (TPSA) is 87.4 Å². The third kappa shape index (κ3) is 5.93. The fourth-order valence-electron chi connectivity index (χ4n) is 2.66. The number of thiazole rings is 1. The van der Waals surface area contributed by atoms with Crippen LogP contribution in [-0.2, 0) is 11.0 Å². The van der Waals surface area contributed by atoms with Crippen molar-refractivity contribution >= 4 is 62.0 Å². The van der Waals surface area contributed by atoms with E-state index >= 15 is 0 Å². The molecule has 2 aromatic heterocycles. The summed E-state index contributed by atoms with van der Waals surface area (Å²) in [7, 11) is 0. The van der Waals surface area contributed by atoms with Crippen molar-refractivity contribution < 1.29 is 27.5 Å². The fraction of sp³-hybridized carbons (Fsp3) is 0.238. The number of carboxylic acid groups (broad SMARTS) is 1. The lowest BCUT2D eigenvalue weighted by molar-refractivity contribution is -0.140. The molecule has 3 N–H and O–H groups in total. The summed E-state index contributed by atoms with van der Waals surface area (Å²) >= 11 is 2.07. The lowest BCUT2D eigenvalue weighted by atomic mass is 10.1. The van der Waals surface area contributed by atoms with Gasteiger partial charge in [0.25, 0.3) is 0 Å². The Hall–Kier alpha value is -2.76. The molecular weight excluding hydrogens is 463 g/mol. The van der Waals surface area contributed by atoms with E-state index in [0.717, 1.165) is 32.4 Å². The molecule has 2 heterocycles. The molecule has 0 spiro atoms. The van der Waals surface area contributed by atoms with Crippen molar-refractivity contribution in [1.29, 1.82) is 0 Å². The Morgan fingerprint density at radius 1 is 1.16 bits per heavy atom. The van der Waals surface area contributed by atoms with Gasteiger partial charge in [-0.25, -0.2) is 9.71 Å². The van der Waals surface area contributed by atoms with Crippen LogP contribution in [0.5, 0.6) is 0 Å². The number of carboxylic acids is 1. The van der Waals surface area contributed by atoms with Crippen LogP contribution in [0.15, 0.2) is 51.1 Å². The van der Waals surface area contributed by atoms with E-state index in [1.54, 1.807) is 30.3 Å². The Morgan fingerprint density at radius 2 is 1.91 bits per heavy atom. The van der Waals surface area contributed by atoms with Crippen molar-refractivity contribution in [3.05, 3.63) is 47.5 Å². The molecule has 0 unspecified atom stereocenters. The third-order valence-electron chi connectivity index (χ3n) is 3.90. The number of fused-ring (bicyclic) bond motifs is 3. The molecule has 170 valence electrons. The van der Waals surface area contributed by atoms with Crippen LogP contribution in [-0.4, -0.2) is 22.6 Å². The highest BCUT2D eigenvalue weighted by Crippen LogP contribution is 2.35. The lowest BCUT2D eigenvalue weighted by Crippen LogP contribution is -2.15. The minimum Gasteiger partial charge on any atom is -0.480 e. The van der Waals surface area contributed by atoms with E-state index < -0.39 is 17.8 Å². The highest BCUT2D eigenvalue weighted by molar-refractivity contribution is 7.97. The number of rotatable bonds is 6. The molecule has 0 amide bonds. The van der Waals surface area contributed by atoms with Crippen LogP contribution in [0, 0.1) is 0 Å². The molecular formula is C21H20F3N3O3S2. The van der Waals surface area contributed by atoms with E-state index in [4.69, 9.17) is 9.52 Å². The van der Waals surface area contributed by atoms with E-state index in [2.05, 4.69) is 28.9 Å². The molecule has 0 atom stereocenters. The number of hydrogen-bond donors (Lipinski definition) is 3. The van der Waals surface area contributed by atoms with Crippen LogP contribution in [0.1, 0.15) is 26.0 Å². The summed E-state index contributed by atoms with van der Waals surface area (Å²) in [5, 5.41) is 14.3. The first-order valence-electron chi connectivity index (χ1n) is 9.58. The molecule has 0 fully saturated rings. The Balaban J connectivity index is 0.000000913. The quantitative estimate of drug-likeness (QED) is 0.257. The third-order valence-corrected chi connectivity index (χ3v) is 5.44. The smallest absolute Gasteiger partial charge is 0.434 e. The maximum absolute atomic E-state index is 12.7. The van der Waals surface area contributed by atoms with E-state index in [1.807, 2.05) is 6.07 Å². The van der Waals surface area contributed by atoms with Gasteiger partial charge in [-0.3, -0.25) is 4.79 Å². The number of nitrogens with one attached hydrogen (secondary N) is 2. The number of alkyl halides is 3. The molecule has 0 saturated heterocycles. The highest BCUT2D eigenvalue weighted by Gasteiger charge is 2.33. The van der Waals surface area contributed by atoms with Crippen molar-refractivity contribution in [2.75, 3.05) is 11.9 Å². The van der Waals surface area contributed by atoms with Gasteiger partial charge in [0.05, 0.1) is 0 Å². The van der Waals surface area contributed by atoms with Crippen molar-refractivity contribution in [1.82, 2.24) is 9.71 Å². The van der Waals surface area contributed by atoms with Crippen LogP contribution in [0.2, 0.25) is 0 Å². The first kappa shape index (κ1) is 23.9. The number of benzene rings is 2. The van der Waals surface area contributed by atoms with Crippen LogP contribution < -0.4 is 10.0 Å². The van der Waals surface area contributed by atoms with Crippen LogP contribution >= 0.6 is 23.3 Å². The van der Waals surface area contributed by atoms with Crippen molar-refractivity contribution in [2.45, 2.75) is 31.3 Å². The number of halogens is 3. The number of hydrogen-bond acceptors (Lipinski definition) is 7. The van der Waals surface area contributed by atoms with Crippen LogP contribution in [0.3, 0.4) is 0 Å². The van der Waals surface area contributed by atoms with Crippen molar-refractivity contribution in [3.63, 3.8) is 0 Å². The van der Waals surface area contributed by atoms with Gasteiger partial charge in [0.15, 0.2) is 10.8 Å². The van der Waals surface area contributed by atoms with Gasteiger partial charge in [-0.05, 0) is 42.3 Å². The van der Waals surface area contributed by atoms with Gasteiger partial charge in [0.1, 0.15) is 17.7 Å². The van der Waals surface area contributed by atoms with E-state index in [9.17, 15) is 18.0 Å². The van der Waals surface area contributed by atoms with Crippen LogP contribution in [0.4, 0.5) is 24.0 Å². The number of nitrogens with zero attached hydrogens (tertiary/aromatic N) is 1. The SMILES string of the molecule is CCC.O=C(O)CNSc1ccc2oc3cc(Nc4nc(C(F)(F)F)cs4)ccc3c2c1. The van der Waals surface area contributed by atoms with Gasteiger partial charge >= 0.3 is 12.1 Å². The molecule has 2 aromatic carbocycles. The second kappa shape index (κ2) is 10.2. The maximum atomic E-state index is 12.7. The second-order valence-electron chi connectivity index (χ2n) is 6.66. The Kier molecular flexibility index (Phi) is 7.64. The summed E-state index contributed by atoms with van der Waals surface area (Å²) in [6.45, 7) is 4.08. The number of aliphatic carboxylic acids is 1. The van der Waals surface area contributed by atoms with Crippen LogP contribution in [0.25, 0.3) is 21.9 Å². The van der Waals surface area contributed by atoms with Gasteiger partial charge in [-0.15, -0.1) is 11.3 Å². The van der Waals surface area contributed by atoms with Gasteiger partial charge in [-0.2, -0.15) is 13.2 Å². The number of anilines is 2. The largest absolute Gasteiger partial charge is 0.480 e. The molecule has 0 radical (unpaired) electrons. The first-order chi connectivity index (χ1) is 15.2. The first-order valence-corrected chi connectivity index (χ1v) is 11.3. The molecule has 4 aromatic rings. The summed E-state index contributed by atoms with van der Waals surface area (Å²) in [6, 6.07) is 10.7. The summed E-state index contributed by atoms with van der Waals surface area (Å²) in [4.78, 5) is 15.0. The van der Waals surface area contributed by atoms with E-state index in [0.29, 0.717) is 16.9 Å².